The van der Waals surface area contributed by atoms with Crippen LogP contribution in [0.15, 0.2) is 18.2 Å². The fraction of sp³-hybridized carbons (Fsp3) is 0.556. The number of aromatic nitrogens is 2. The normalized spacial score (nSPS) is 17.5. The van der Waals surface area contributed by atoms with Crippen LogP contribution in [0.4, 0.5) is 13.2 Å². The molecule has 8 heteroatoms. The molecule has 0 saturated heterocycles. The van der Waals surface area contributed by atoms with Crippen LogP contribution < -0.4 is 11.1 Å². The number of rotatable bonds is 5. The summed E-state index contributed by atoms with van der Waals surface area (Å²) in [5, 5.41) is 2.94. The van der Waals surface area contributed by atoms with Gasteiger partial charge in [-0.05, 0) is 57.7 Å². The van der Waals surface area contributed by atoms with E-state index in [9.17, 15) is 18.0 Å². The fourth-order valence-corrected chi connectivity index (χ4v) is 3.33. The highest BCUT2D eigenvalue weighted by Gasteiger charge is 2.42. The van der Waals surface area contributed by atoms with Crippen LogP contribution in [0.1, 0.15) is 55.8 Å². The minimum Gasteiger partial charge on any atom is -0.345 e. The Kier molecular flexibility index (Phi) is 4.50. The number of nitrogens with zero attached hydrogens (tertiary/aromatic N) is 2. The summed E-state index contributed by atoms with van der Waals surface area (Å²) in [5.41, 5.74) is 6.10. The molecule has 1 amide bonds. The lowest BCUT2D eigenvalue weighted by molar-refractivity contribution is -0.147. The molecule has 5 nitrogen and oxygen atoms in total. The SMILES string of the molecule is CC(C)n1c(C(F)(F)F)nc2cc(C(=O)NC(C)(CN)C3CC3)ccc21. The molecule has 3 N–H and O–H groups in total. The summed E-state index contributed by atoms with van der Waals surface area (Å²) in [6, 6.07) is 4.04. The number of imidazole rings is 1. The number of halogens is 3. The second-order valence-electron chi connectivity index (χ2n) is 7.45. The first-order valence-corrected chi connectivity index (χ1v) is 8.68. The number of amides is 1. The molecule has 0 aliphatic heterocycles. The smallest absolute Gasteiger partial charge is 0.345 e. The van der Waals surface area contributed by atoms with E-state index in [2.05, 4.69) is 10.3 Å². The first-order valence-electron chi connectivity index (χ1n) is 8.68. The zero-order valence-electron chi connectivity index (χ0n) is 15.0. The molecule has 1 fully saturated rings. The maximum atomic E-state index is 13.3. The first kappa shape index (κ1) is 18.7. The van der Waals surface area contributed by atoms with E-state index in [0.29, 0.717) is 18.0 Å². The second-order valence-corrected chi connectivity index (χ2v) is 7.45. The molecular formula is C18H23F3N4O. The number of carbonyl (C=O) groups is 1. The van der Waals surface area contributed by atoms with Crippen molar-refractivity contribution in [2.24, 2.45) is 11.7 Å². The van der Waals surface area contributed by atoms with E-state index in [4.69, 9.17) is 5.73 Å². The van der Waals surface area contributed by atoms with E-state index in [1.54, 1.807) is 13.8 Å². The Morgan fingerprint density at radius 1 is 1.38 bits per heavy atom. The van der Waals surface area contributed by atoms with Gasteiger partial charge in [0.05, 0.1) is 16.6 Å². The predicted molar refractivity (Wildman–Crippen MR) is 92.8 cm³/mol. The van der Waals surface area contributed by atoms with Crippen molar-refractivity contribution >= 4 is 16.9 Å². The fourth-order valence-electron chi connectivity index (χ4n) is 3.33. The Labute approximate surface area is 149 Å². The maximum absolute atomic E-state index is 13.3. The third-order valence-corrected chi connectivity index (χ3v) is 5.02. The van der Waals surface area contributed by atoms with Crippen molar-refractivity contribution in [3.05, 3.63) is 29.6 Å². The highest BCUT2D eigenvalue weighted by molar-refractivity contribution is 5.98. The van der Waals surface area contributed by atoms with Gasteiger partial charge in [0.15, 0.2) is 0 Å². The van der Waals surface area contributed by atoms with Crippen molar-refractivity contribution in [2.75, 3.05) is 6.54 Å². The van der Waals surface area contributed by atoms with Crippen molar-refractivity contribution in [2.45, 2.75) is 51.4 Å². The minimum absolute atomic E-state index is 0.152. The van der Waals surface area contributed by atoms with Crippen molar-refractivity contribution < 1.29 is 18.0 Å². The number of hydrogen-bond donors (Lipinski definition) is 2. The van der Waals surface area contributed by atoms with E-state index in [-0.39, 0.29) is 17.0 Å². The maximum Gasteiger partial charge on any atom is 0.449 e. The molecule has 1 heterocycles. The summed E-state index contributed by atoms with van der Waals surface area (Å²) in [7, 11) is 0. The number of nitrogens with two attached hydrogens (primary N) is 1. The zero-order chi connectivity index (χ0) is 19.3. The van der Waals surface area contributed by atoms with Crippen LogP contribution in [0, 0.1) is 5.92 Å². The van der Waals surface area contributed by atoms with Crippen molar-refractivity contribution in [1.29, 1.82) is 0 Å². The van der Waals surface area contributed by atoms with Gasteiger partial charge in [0.2, 0.25) is 5.82 Å². The van der Waals surface area contributed by atoms with Gasteiger partial charge in [-0.25, -0.2) is 4.98 Å². The summed E-state index contributed by atoms with van der Waals surface area (Å²) >= 11 is 0. The van der Waals surface area contributed by atoms with Crippen LogP contribution in [0.2, 0.25) is 0 Å². The lowest BCUT2D eigenvalue weighted by Gasteiger charge is -2.29. The van der Waals surface area contributed by atoms with Crippen molar-refractivity contribution in [1.82, 2.24) is 14.9 Å². The molecule has 0 radical (unpaired) electrons. The van der Waals surface area contributed by atoms with E-state index in [1.165, 1.54) is 18.2 Å². The lowest BCUT2D eigenvalue weighted by atomic mass is 9.95. The topological polar surface area (TPSA) is 72.9 Å². The molecule has 1 aliphatic carbocycles. The number of fused-ring (bicyclic) bond motifs is 1. The Balaban J connectivity index is 1.98. The van der Waals surface area contributed by atoms with Crippen molar-refractivity contribution in [3.63, 3.8) is 0 Å². The zero-order valence-corrected chi connectivity index (χ0v) is 15.0. The van der Waals surface area contributed by atoms with Gasteiger partial charge in [-0.2, -0.15) is 13.2 Å². The molecule has 3 rings (SSSR count). The standard InChI is InChI=1S/C18H23F3N4O/c1-10(2)25-14-7-4-11(8-13(14)23-16(25)18(19,20)21)15(26)24-17(3,9-22)12-5-6-12/h4,7-8,10,12H,5-6,9,22H2,1-3H3,(H,24,26). The van der Waals surface area contributed by atoms with Crippen LogP contribution in [0.3, 0.4) is 0 Å². The average Bonchev–Trinajstić information content (AvgIpc) is 3.33. The number of hydrogen-bond acceptors (Lipinski definition) is 3. The minimum atomic E-state index is -4.56. The Morgan fingerprint density at radius 2 is 2.04 bits per heavy atom. The van der Waals surface area contributed by atoms with Crippen LogP contribution >= 0.6 is 0 Å². The number of carbonyl (C=O) groups excluding carboxylic acids is 1. The third-order valence-electron chi connectivity index (χ3n) is 5.02. The van der Waals surface area contributed by atoms with Gasteiger partial charge < -0.3 is 15.6 Å². The molecule has 1 aromatic carbocycles. The third kappa shape index (κ3) is 3.30. The average molecular weight is 368 g/mol. The predicted octanol–water partition coefficient (Wildman–Crippen LogP) is 3.49. The molecule has 1 atom stereocenters. The monoisotopic (exact) mass is 368 g/mol. The van der Waals surface area contributed by atoms with Gasteiger partial charge >= 0.3 is 6.18 Å². The Hall–Kier alpha value is -2.09. The number of nitrogens with one attached hydrogen (secondary N) is 1. The Morgan fingerprint density at radius 3 is 2.54 bits per heavy atom. The quantitative estimate of drug-likeness (QED) is 0.848. The molecule has 26 heavy (non-hydrogen) atoms. The van der Waals surface area contributed by atoms with Crippen LogP contribution in [-0.4, -0.2) is 27.5 Å². The first-order chi connectivity index (χ1) is 12.1. The largest absolute Gasteiger partial charge is 0.449 e. The van der Waals surface area contributed by atoms with Gasteiger partial charge in [-0.15, -0.1) is 0 Å². The molecule has 142 valence electrons. The molecule has 0 spiro atoms. The summed E-state index contributed by atoms with van der Waals surface area (Å²) in [5.74, 6) is -0.957. The number of alkyl halides is 3. The van der Waals surface area contributed by atoms with Gasteiger partial charge in [-0.3, -0.25) is 4.79 Å². The molecule has 0 bridgehead atoms. The molecular weight excluding hydrogens is 345 g/mol. The molecule has 1 saturated carbocycles. The summed E-state index contributed by atoms with van der Waals surface area (Å²) in [6.07, 6.45) is -2.53. The van der Waals surface area contributed by atoms with E-state index < -0.39 is 23.6 Å². The summed E-state index contributed by atoms with van der Waals surface area (Å²) in [6.45, 7) is 5.54. The lowest BCUT2D eigenvalue weighted by Crippen LogP contribution is -2.53. The summed E-state index contributed by atoms with van der Waals surface area (Å²) in [4.78, 5) is 16.3. The van der Waals surface area contributed by atoms with Gasteiger partial charge in [0.1, 0.15) is 0 Å². The molecule has 1 aliphatic rings. The highest BCUT2D eigenvalue weighted by atomic mass is 19.4. The molecule has 1 aromatic heterocycles. The van der Waals surface area contributed by atoms with E-state index >= 15 is 0 Å². The molecule has 1 unspecified atom stereocenters. The molecule has 2 aromatic rings. The van der Waals surface area contributed by atoms with Gasteiger partial charge in [-0.1, -0.05) is 0 Å². The Bertz CT molecular complexity index is 839. The van der Waals surface area contributed by atoms with Crippen LogP contribution in [0.5, 0.6) is 0 Å². The van der Waals surface area contributed by atoms with E-state index in [0.717, 1.165) is 17.4 Å². The second kappa shape index (κ2) is 6.26. The van der Waals surface area contributed by atoms with Crippen LogP contribution in [-0.2, 0) is 6.18 Å². The van der Waals surface area contributed by atoms with Gasteiger partial charge in [0.25, 0.3) is 5.91 Å². The van der Waals surface area contributed by atoms with Gasteiger partial charge in [0, 0.05) is 18.2 Å². The van der Waals surface area contributed by atoms with E-state index in [1.807, 2.05) is 6.92 Å². The summed E-state index contributed by atoms with van der Waals surface area (Å²) < 4.78 is 41.0. The van der Waals surface area contributed by atoms with Crippen molar-refractivity contribution in [3.8, 4) is 0 Å². The number of benzene rings is 1. The highest BCUT2D eigenvalue weighted by Crippen LogP contribution is 2.39. The van der Waals surface area contributed by atoms with Crippen LogP contribution in [0.25, 0.3) is 11.0 Å².